The second-order valence-corrected chi connectivity index (χ2v) is 16.4. The molecule has 0 spiro atoms. The van der Waals surface area contributed by atoms with Crippen LogP contribution in [0.5, 0.6) is 0 Å². The van der Waals surface area contributed by atoms with Crippen LogP contribution < -0.4 is 58.5 Å². The molecule has 0 aromatic rings. The molecule has 9 rings (SSSR count). The van der Waals surface area contributed by atoms with E-state index in [1.807, 2.05) is 28.4 Å². The Morgan fingerprint density at radius 3 is 1.04 bits per heavy atom. The van der Waals surface area contributed by atoms with Crippen LogP contribution in [0.3, 0.4) is 0 Å². The van der Waals surface area contributed by atoms with Crippen molar-refractivity contribution < 1.29 is 18.9 Å². The molecule has 0 aromatic heterocycles. The molecule has 16 nitrogen and oxygen atoms in total. The van der Waals surface area contributed by atoms with Crippen LogP contribution in [0.4, 0.5) is 0 Å². The Bertz CT molecular complexity index is 1160. The number of ether oxygens (including phenoxy) is 4. The van der Waals surface area contributed by atoms with E-state index in [-0.39, 0.29) is 74.2 Å². The second-order valence-electron chi connectivity index (χ2n) is 16.4. The van der Waals surface area contributed by atoms with E-state index in [1.165, 1.54) is 0 Å². The van der Waals surface area contributed by atoms with E-state index in [0.29, 0.717) is 47.3 Å². The summed E-state index contributed by atoms with van der Waals surface area (Å²) in [5.41, 5.74) is 0. The predicted octanol–water partition coefficient (Wildman–Crippen LogP) is -3.49. The van der Waals surface area contributed by atoms with E-state index < -0.39 is 0 Å². The van der Waals surface area contributed by atoms with Crippen LogP contribution in [-0.2, 0) is 18.9 Å². The van der Waals surface area contributed by atoms with Crippen molar-refractivity contribution in [2.45, 2.75) is 99.9 Å². The average Bonchev–Trinajstić information content (AvgIpc) is 3.84. The van der Waals surface area contributed by atoms with Gasteiger partial charge in [0.1, 0.15) is 24.9 Å². The lowest BCUT2D eigenvalue weighted by Crippen LogP contribution is -2.62. The van der Waals surface area contributed by atoms with E-state index >= 15 is 0 Å². The summed E-state index contributed by atoms with van der Waals surface area (Å²) in [6, 6.07) is 0. The molecule has 9 aliphatic heterocycles. The molecule has 16 heteroatoms. The lowest BCUT2D eigenvalue weighted by Gasteiger charge is -2.39. The molecule has 0 amide bonds. The van der Waals surface area contributed by atoms with Gasteiger partial charge in [-0.05, 0) is 56.4 Å². The standard InChI is InChI=1S/C33H62N12O4/c1-45-32-17-9-25(49-5)37-13-21(17)33(45)43-28-16-8-24(48-4)35-11-19(16)30(42-28)39-26-14-6-22(46-2)34-10-18(14)29(38-26)40-27-15-7-23(47-3)36-12-20(15)31(41-27)44-32/h14-44H,6-13H2,1-5H3. The van der Waals surface area contributed by atoms with Crippen molar-refractivity contribution in [1.29, 1.82) is 0 Å². The van der Waals surface area contributed by atoms with E-state index in [4.69, 9.17) is 18.9 Å². The van der Waals surface area contributed by atoms with E-state index in [0.717, 1.165) is 51.9 Å². The van der Waals surface area contributed by atoms with Crippen LogP contribution in [0, 0.1) is 47.3 Å². The zero-order valence-electron chi connectivity index (χ0n) is 29.8. The number of nitrogens with one attached hydrogen (secondary N) is 11. The van der Waals surface area contributed by atoms with Gasteiger partial charge in [0.25, 0.3) is 0 Å². The van der Waals surface area contributed by atoms with Crippen LogP contribution in [0.2, 0.25) is 0 Å². The number of hydrogen-bond acceptors (Lipinski definition) is 16. The first kappa shape index (κ1) is 34.1. The molecule has 0 saturated carbocycles. The van der Waals surface area contributed by atoms with Crippen molar-refractivity contribution in [3.05, 3.63) is 0 Å². The second kappa shape index (κ2) is 14.0. The summed E-state index contributed by atoms with van der Waals surface area (Å²) >= 11 is 0. The topological polar surface area (TPSA) is 172 Å². The maximum atomic E-state index is 5.91. The van der Waals surface area contributed by atoms with Crippen LogP contribution in [0.1, 0.15) is 25.7 Å². The summed E-state index contributed by atoms with van der Waals surface area (Å²) in [4.78, 5) is 2.59. The van der Waals surface area contributed by atoms with Gasteiger partial charge in [0, 0.05) is 78.3 Å². The quantitative estimate of drug-likeness (QED) is 0.140. The fourth-order valence-corrected chi connectivity index (χ4v) is 11.7. The Balaban J connectivity index is 1.07. The molecule has 49 heavy (non-hydrogen) atoms. The monoisotopic (exact) mass is 691 g/mol. The summed E-state index contributed by atoms with van der Waals surface area (Å²) in [6.45, 7) is 3.66. The smallest absolute Gasteiger partial charge is 0.108 e. The number of rotatable bonds is 4. The number of methoxy groups -OCH3 is 4. The van der Waals surface area contributed by atoms with Crippen LogP contribution in [0.25, 0.3) is 0 Å². The third-order valence-electron chi connectivity index (χ3n) is 14.4. The molecule has 9 aliphatic rings. The Kier molecular flexibility index (Phi) is 9.74. The van der Waals surface area contributed by atoms with E-state index in [1.54, 1.807) is 0 Å². The normalized spacial score (nSPS) is 55.8. The predicted molar refractivity (Wildman–Crippen MR) is 182 cm³/mol. The van der Waals surface area contributed by atoms with Gasteiger partial charge in [-0.15, -0.1) is 0 Å². The highest BCUT2D eigenvalue weighted by Crippen LogP contribution is 2.43. The summed E-state index contributed by atoms with van der Waals surface area (Å²) in [5.74, 6) is 3.40. The highest BCUT2D eigenvalue weighted by atomic mass is 16.5. The Morgan fingerprint density at radius 1 is 0.367 bits per heavy atom. The molecule has 278 valence electrons. The zero-order valence-corrected chi connectivity index (χ0v) is 29.8. The maximum absolute atomic E-state index is 5.91. The largest absolute Gasteiger partial charge is 0.367 e. The Labute approximate surface area is 291 Å². The highest BCUT2D eigenvalue weighted by Gasteiger charge is 2.57. The lowest BCUT2D eigenvalue weighted by molar-refractivity contribution is 0.000629. The number of hydrogen-bond donors (Lipinski definition) is 11. The highest BCUT2D eigenvalue weighted by molar-refractivity contribution is 5.10. The first-order valence-corrected chi connectivity index (χ1v) is 19.0. The minimum Gasteiger partial charge on any atom is -0.367 e. The van der Waals surface area contributed by atoms with Gasteiger partial charge in [-0.25, -0.2) is 0 Å². The molecule has 20 atom stereocenters. The van der Waals surface area contributed by atoms with E-state index in [9.17, 15) is 0 Å². The average molecular weight is 691 g/mol. The first-order chi connectivity index (χ1) is 24.0. The number of fused-ring (bicyclic) bond motifs is 20. The van der Waals surface area contributed by atoms with Gasteiger partial charge in [0.2, 0.25) is 0 Å². The SMILES string of the molecule is COC1CC2C3NC(NC4NC(NC5C6CC(OC)NCC6C(NC6NC(N3)C3CNC(OC)CC63)N5C)C3CNC(OC)CC43)C2CN1. The Hall–Kier alpha value is -0.640. The minimum absolute atomic E-state index is 0.0630. The van der Waals surface area contributed by atoms with Crippen molar-refractivity contribution in [2.24, 2.45) is 47.3 Å². The fraction of sp³-hybridized carbons (Fsp3) is 1.00. The van der Waals surface area contributed by atoms with E-state index in [2.05, 4.69) is 70.4 Å². The van der Waals surface area contributed by atoms with Crippen LogP contribution in [-0.4, -0.2) is 141 Å². The summed E-state index contributed by atoms with van der Waals surface area (Å²) < 4.78 is 23.6. The van der Waals surface area contributed by atoms with Gasteiger partial charge in [-0.3, -0.25) is 63.4 Å². The van der Waals surface area contributed by atoms with Crippen LogP contribution >= 0.6 is 0 Å². The first-order valence-electron chi connectivity index (χ1n) is 19.0. The molecule has 11 N–H and O–H groups in total. The molecule has 0 radical (unpaired) electrons. The summed E-state index contributed by atoms with van der Waals surface area (Å²) in [5, 5.41) is 43.9. The van der Waals surface area contributed by atoms with Crippen molar-refractivity contribution >= 4 is 0 Å². The lowest BCUT2D eigenvalue weighted by atomic mass is 9.82. The van der Waals surface area contributed by atoms with Crippen LogP contribution in [0.15, 0.2) is 0 Å². The van der Waals surface area contributed by atoms with Crippen molar-refractivity contribution in [1.82, 2.24) is 63.4 Å². The third-order valence-corrected chi connectivity index (χ3v) is 14.4. The molecule has 9 fully saturated rings. The summed E-state index contributed by atoms with van der Waals surface area (Å²) in [7, 11) is 9.63. The van der Waals surface area contributed by atoms with Gasteiger partial charge in [-0.2, -0.15) is 0 Å². The van der Waals surface area contributed by atoms with Gasteiger partial charge in [0.05, 0.1) is 49.3 Å². The van der Waals surface area contributed by atoms with Gasteiger partial charge in [-0.1, -0.05) is 0 Å². The Morgan fingerprint density at radius 2 is 0.653 bits per heavy atom. The fourth-order valence-electron chi connectivity index (χ4n) is 11.7. The molecule has 0 aliphatic carbocycles. The van der Waals surface area contributed by atoms with Crippen molar-refractivity contribution in [3.8, 4) is 0 Å². The van der Waals surface area contributed by atoms with Crippen molar-refractivity contribution in [2.75, 3.05) is 61.7 Å². The summed E-state index contributed by atoms with van der Waals surface area (Å²) in [6.07, 6.45) is 5.44. The molecular weight excluding hydrogens is 628 g/mol. The molecule has 0 aromatic carbocycles. The molecule has 20 unspecified atom stereocenters. The molecular formula is C33H62N12O4. The maximum Gasteiger partial charge on any atom is 0.108 e. The molecule has 9 saturated heterocycles. The molecule has 9 heterocycles. The third kappa shape index (κ3) is 6.01. The minimum atomic E-state index is 0.0630. The zero-order chi connectivity index (χ0) is 33.4. The van der Waals surface area contributed by atoms with Crippen molar-refractivity contribution in [3.63, 3.8) is 0 Å². The molecule has 8 bridgehead atoms. The van der Waals surface area contributed by atoms with Gasteiger partial charge in [0.15, 0.2) is 0 Å². The van der Waals surface area contributed by atoms with Gasteiger partial charge >= 0.3 is 0 Å². The number of nitrogens with zero attached hydrogens (tertiary/aromatic N) is 1. The van der Waals surface area contributed by atoms with Gasteiger partial charge < -0.3 is 18.9 Å². The number of piperidine rings is 4.